The molecule has 0 spiro atoms. The first kappa shape index (κ1) is 11.8. The van der Waals surface area contributed by atoms with Crippen LogP contribution in [0.25, 0.3) is 0 Å². The SMILES string of the molecule is CON(C)C=CC(=O)c1ccccc1Cl. The van der Waals surface area contributed by atoms with Crippen LogP contribution in [-0.4, -0.2) is 25.0 Å². The Bertz CT molecular complexity index is 377. The zero-order valence-corrected chi connectivity index (χ0v) is 9.36. The van der Waals surface area contributed by atoms with Crippen molar-refractivity contribution in [3.63, 3.8) is 0 Å². The van der Waals surface area contributed by atoms with Gasteiger partial charge in [0, 0.05) is 24.9 Å². The largest absolute Gasteiger partial charge is 0.289 e. The molecule has 0 aromatic heterocycles. The number of allylic oxidation sites excluding steroid dienone is 1. The van der Waals surface area contributed by atoms with Crippen molar-refractivity contribution < 1.29 is 9.63 Å². The highest BCUT2D eigenvalue weighted by molar-refractivity contribution is 6.34. The molecule has 0 amide bonds. The first-order valence-electron chi connectivity index (χ1n) is 4.39. The lowest BCUT2D eigenvalue weighted by molar-refractivity contribution is -0.0645. The van der Waals surface area contributed by atoms with E-state index < -0.39 is 0 Å². The summed E-state index contributed by atoms with van der Waals surface area (Å²) in [6.45, 7) is 0. The Morgan fingerprint density at radius 2 is 2.13 bits per heavy atom. The first-order valence-corrected chi connectivity index (χ1v) is 4.77. The Morgan fingerprint density at radius 3 is 2.73 bits per heavy atom. The molecule has 0 fully saturated rings. The van der Waals surface area contributed by atoms with Gasteiger partial charge in [0.05, 0.1) is 12.1 Å². The molecule has 0 saturated carbocycles. The van der Waals surface area contributed by atoms with Gasteiger partial charge in [-0.05, 0) is 12.1 Å². The number of hydrogen-bond acceptors (Lipinski definition) is 3. The van der Waals surface area contributed by atoms with E-state index in [1.54, 1.807) is 31.3 Å². The zero-order valence-electron chi connectivity index (χ0n) is 8.61. The van der Waals surface area contributed by atoms with Crippen molar-refractivity contribution >= 4 is 17.4 Å². The van der Waals surface area contributed by atoms with Crippen LogP contribution in [0.5, 0.6) is 0 Å². The lowest BCUT2D eigenvalue weighted by Crippen LogP contribution is -2.08. The van der Waals surface area contributed by atoms with Crippen molar-refractivity contribution in [3.05, 3.63) is 47.1 Å². The van der Waals surface area contributed by atoms with Gasteiger partial charge in [-0.25, -0.2) is 0 Å². The fraction of sp³-hybridized carbons (Fsp3) is 0.182. The lowest BCUT2D eigenvalue weighted by Gasteiger charge is -2.08. The van der Waals surface area contributed by atoms with Crippen LogP contribution in [0.15, 0.2) is 36.5 Å². The van der Waals surface area contributed by atoms with Gasteiger partial charge in [0.25, 0.3) is 0 Å². The predicted octanol–water partition coefficient (Wildman–Crippen LogP) is 2.53. The summed E-state index contributed by atoms with van der Waals surface area (Å²) in [7, 11) is 3.21. The van der Waals surface area contributed by atoms with E-state index in [9.17, 15) is 4.79 Å². The molecule has 1 aromatic rings. The van der Waals surface area contributed by atoms with Crippen molar-refractivity contribution in [3.8, 4) is 0 Å². The second-order valence-corrected chi connectivity index (χ2v) is 3.30. The number of hydroxylamine groups is 2. The minimum atomic E-state index is -0.149. The van der Waals surface area contributed by atoms with Crippen LogP contribution in [0.2, 0.25) is 5.02 Å². The topological polar surface area (TPSA) is 29.5 Å². The number of ketones is 1. The standard InChI is InChI=1S/C11H12ClNO2/c1-13(15-2)8-7-11(14)9-5-3-4-6-10(9)12/h3-8H,1-2H3. The average Bonchev–Trinajstić information content (AvgIpc) is 2.26. The Labute approximate surface area is 93.9 Å². The van der Waals surface area contributed by atoms with Gasteiger partial charge in [-0.1, -0.05) is 23.7 Å². The Balaban J connectivity index is 2.78. The van der Waals surface area contributed by atoms with Gasteiger partial charge in [-0.15, -0.1) is 0 Å². The molecule has 0 heterocycles. The highest BCUT2D eigenvalue weighted by Gasteiger charge is 2.05. The maximum Gasteiger partial charge on any atom is 0.188 e. The summed E-state index contributed by atoms with van der Waals surface area (Å²) in [5.74, 6) is -0.149. The number of benzene rings is 1. The second kappa shape index (κ2) is 5.53. The van der Waals surface area contributed by atoms with Gasteiger partial charge in [0.15, 0.2) is 5.78 Å². The van der Waals surface area contributed by atoms with E-state index in [0.29, 0.717) is 10.6 Å². The number of rotatable bonds is 4. The fourth-order valence-electron chi connectivity index (χ4n) is 0.984. The van der Waals surface area contributed by atoms with Crippen molar-refractivity contribution in [2.45, 2.75) is 0 Å². The third-order valence-electron chi connectivity index (χ3n) is 1.86. The molecule has 0 aliphatic rings. The molecule has 1 rings (SSSR count). The van der Waals surface area contributed by atoms with Gasteiger partial charge in [0.1, 0.15) is 0 Å². The Morgan fingerprint density at radius 1 is 1.47 bits per heavy atom. The molecule has 0 aliphatic heterocycles. The third-order valence-corrected chi connectivity index (χ3v) is 2.19. The van der Waals surface area contributed by atoms with E-state index in [4.69, 9.17) is 16.4 Å². The van der Waals surface area contributed by atoms with Crippen LogP contribution >= 0.6 is 11.6 Å². The zero-order chi connectivity index (χ0) is 11.3. The molecule has 0 N–H and O–H groups in total. The molecule has 0 atom stereocenters. The maximum absolute atomic E-state index is 11.6. The summed E-state index contributed by atoms with van der Waals surface area (Å²) in [6, 6.07) is 6.92. The van der Waals surface area contributed by atoms with Crippen molar-refractivity contribution in [1.82, 2.24) is 5.06 Å². The fourth-order valence-corrected chi connectivity index (χ4v) is 1.21. The lowest BCUT2D eigenvalue weighted by atomic mass is 10.1. The molecular formula is C11H12ClNO2. The molecule has 0 bridgehead atoms. The molecule has 4 heteroatoms. The quantitative estimate of drug-likeness (QED) is 0.448. The van der Waals surface area contributed by atoms with Gasteiger partial charge in [-0.3, -0.25) is 14.7 Å². The van der Waals surface area contributed by atoms with Crippen molar-refractivity contribution in [2.24, 2.45) is 0 Å². The summed E-state index contributed by atoms with van der Waals surface area (Å²) in [4.78, 5) is 16.5. The molecule has 0 saturated heterocycles. The number of hydrogen-bond donors (Lipinski definition) is 0. The normalized spacial score (nSPS) is 10.6. The van der Waals surface area contributed by atoms with Crippen LogP contribution in [0.3, 0.4) is 0 Å². The van der Waals surface area contributed by atoms with Crippen LogP contribution < -0.4 is 0 Å². The highest BCUT2D eigenvalue weighted by atomic mass is 35.5. The molecule has 3 nitrogen and oxygen atoms in total. The molecule has 0 aliphatic carbocycles. The van der Waals surface area contributed by atoms with Crippen LogP contribution in [-0.2, 0) is 4.84 Å². The number of carbonyl (C=O) groups excluding carboxylic acids is 1. The van der Waals surface area contributed by atoms with Crippen molar-refractivity contribution in [1.29, 1.82) is 0 Å². The molecule has 0 radical (unpaired) electrons. The summed E-state index contributed by atoms with van der Waals surface area (Å²) in [5, 5.41) is 1.88. The first-order chi connectivity index (χ1) is 7.15. The van der Waals surface area contributed by atoms with Crippen LogP contribution in [0.4, 0.5) is 0 Å². The Hall–Kier alpha value is -1.32. The Kier molecular flexibility index (Phi) is 4.34. The minimum Gasteiger partial charge on any atom is -0.289 e. The average molecular weight is 226 g/mol. The smallest absolute Gasteiger partial charge is 0.188 e. The summed E-state index contributed by atoms with van der Waals surface area (Å²) in [5.41, 5.74) is 0.486. The van der Waals surface area contributed by atoms with E-state index in [1.165, 1.54) is 24.4 Å². The third kappa shape index (κ3) is 3.38. The van der Waals surface area contributed by atoms with Gasteiger partial charge < -0.3 is 0 Å². The van der Waals surface area contributed by atoms with Gasteiger partial charge >= 0.3 is 0 Å². The maximum atomic E-state index is 11.6. The van der Waals surface area contributed by atoms with Crippen LogP contribution in [0, 0.1) is 0 Å². The predicted molar refractivity (Wildman–Crippen MR) is 59.7 cm³/mol. The van der Waals surface area contributed by atoms with Gasteiger partial charge in [0.2, 0.25) is 0 Å². The summed E-state index contributed by atoms with van der Waals surface area (Å²) >= 11 is 5.87. The minimum absolute atomic E-state index is 0.149. The van der Waals surface area contributed by atoms with Crippen molar-refractivity contribution in [2.75, 3.05) is 14.2 Å². The molecule has 0 unspecified atom stereocenters. The monoisotopic (exact) mass is 225 g/mol. The number of nitrogens with zero attached hydrogens (tertiary/aromatic N) is 1. The van der Waals surface area contributed by atoms with E-state index in [2.05, 4.69) is 0 Å². The van der Waals surface area contributed by atoms with Crippen LogP contribution in [0.1, 0.15) is 10.4 Å². The molecule has 15 heavy (non-hydrogen) atoms. The van der Waals surface area contributed by atoms with E-state index in [0.717, 1.165) is 0 Å². The van der Waals surface area contributed by atoms with Gasteiger partial charge in [-0.2, -0.15) is 0 Å². The number of carbonyl (C=O) groups is 1. The van der Waals surface area contributed by atoms with E-state index in [-0.39, 0.29) is 5.78 Å². The summed E-state index contributed by atoms with van der Waals surface area (Å²) < 4.78 is 0. The highest BCUT2D eigenvalue weighted by Crippen LogP contribution is 2.15. The second-order valence-electron chi connectivity index (χ2n) is 2.89. The van der Waals surface area contributed by atoms with E-state index >= 15 is 0 Å². The van der Waals surface area contributed by atoms with E-state index in [1.807, 2.05) is 0 Å². The molecule has 80 valence electrons. The molecule has 1 aromatic carbocycles. The number of halogens is 1. The molecular weight excluding hydrogens is 214 g/mol. The summed E-state index contributed by atoms with van der Waals surface area (Å²) in [6.07, 6.45) is 2.94.